The van der Waals surface area contributed by atoms with E-state index in [1.807, 2.05) is 41.0 Å². The van der Waals surface area contributed by atoms with Crippen LogP contribution in [0.15, 0.2) is 53.1 Å². The normalized spacial score (nSPS) is 11.2. The number of hydrogen-bond donors (Lipinski definition) is 1. The van der Waals surface area contributed by atoms with E-state index in [1.165, 1.54) is 0 Å². The average Bonchev–Trinajstić information content (AvgIpc) is 3.21. The molecule has 0 atom stereocenters. The Hall–Kier alpha value is -2.70. The van der Waals surface area contributed by atoms with E-state index in [-0.39, 0.29) is 6.61 Å². The molecule has 0 spiro atoms. The van der Waals surface area contributed by atoms with Crippen LogP contribution in [0.2, 0.25) is 5.02 Å². The van der Waals surface area contributed by atoms with Crippen LogP contribution in [0.4, 0.5) is 0 Å². The molecule has 0 unspecified atom stereocenters. The molecule has 0 radical (unpaired) electrons. The van der Waals surface area contributed by atoms with Gasteiger partial charge in [0.25, 0.3) is 0 Å². The summed E-state index contributed by atoms with van der Waals surface area (Å²) in [7, 11) is 0. The van der Waals surface area contributed by atoms with Gasteiger partial charge < -0.3 is 14.2 Å². The summed E-state index contributed by atoms with van der Waals surface area (Å²) in [5.41, 5.74) is 2.55. The van der Waals surface area contributed by atoms with Gasteiger partial charge in [-0.25, -0.2) is 4.98 Å². The fourth-order valence-electron chi connectivity index (χ4n) is 2.59. The number of rotatable bonds is 4. The van der Waals surface area contributed by atoms with Gasteiger partial charge >= 0.3 is 0 Å². The van der Waals surface area contributed by atoms with E-state index in [0.29, 0.717) is 29.1 Å². The molecule has 0 bridgehead atoms. The Morgan fingerprint density at radius 1 is 1.04 bits per heavy atom. The Balaban J connectivity index is 1.68. The second kappa shape index (κ2) is 6.07. The second-order valence-electron chi connectivity index (χ2n) is 5.28. The molecular formula is C17H13ClN4O2. The molecule has 2 heterocycles. The number of fused-ring (bicyclic) bond motifs is 1. The van der Waals surface area contributed by atoms with Crippen molar-refractivity contribution in [2.45, 2.75) is 13.2 Å². The van der Waals surface area contributed by atoms with Crippen molar-refractivity contribution in [1.29, 1.82) is 0 Å². The number of halogens is 1. The van der Waals surface area contributed by atoms with Crippen LogP contribution in [0.25, 0.3) is 22.4 Å². The number of benzene rings is 2. The molecule has 0 aliphatic rings. The lowest BCUT2D eigenvalue weighted by atomic mass is 10.2. The minimum absolute atomic E-state index is 0.160. The number of hydrogen-bond acceptors (Lipinski definition) is 5. The first-order chi connectivity index (χ1) is 11.7. The molecule has 0 aliphatic heterocycles. The summed E-state index contributed by atoms with van der Waals surface area (Å²) in [6.45, 7) is 0.184. The number of nitrogens with zero attached hydrogens (tertiary/aromatic N) is 4. The van der Waals surface area contributed by atoms with Crippen molar-refractivity contribution >= 4 is 22.6 Å². The first-order valence-electron chi connectivity index (χ1n) is 7.38. The van der Waals surface area contributed by atoms with E-state index >= 15 is 0 Å². The predicted molar refractivity (Wildman–Crippen MR) is 89.5 cm³/mol. The molecule has 6 nitrogen and oxygen atoms in total. The maximum absolute atomic E-state index is 9.54. The highest BCUT2D eigenvalue weighted by Crippen LogP contribution is 2.21. The first kappa shape index (κ1) is 14.9. The summed E-state index contributed by atoms with van der Waals surface area (Å²) in [5, 5.41) is 14.2. The summed E-state index contributed by atoms with van der Waals surface area (Å²) in [6, 6.07) is 14.9. The van der Waals surface area contributed by atoms with Gasteiger partial charge in [0.2, 0.25) is 11.7 Å². The van der Waals surface area contributed by atoms with E-state index < -0.39 is 0 Å². The average molecular weight is 341 g/mol. The topological polar surface area (TPSA) is 77.0 Å². The maximum atomic E-state index is 9.54. The third-order valence-electron chi connectivity index (χ3n) is 3.74. The van der Waals surface area contributed by atoms with Crippen LogP contribution >= 0.6 is 11.6 Å². The van der Waals surface area contributed by atoms with Gasteiger partial charge in [-0.05, 0) is 36.4 Å². The van der Waals surface area contributed by atoms with Crippen LogP contribution in [0.3, 0.4) is 0 Å². The zero-order valence-corrected chi connectivity index (χ0v) is 13.3. The zero-order valence-electron chi connectivity index (χ0n) is 12.6. The molecule has 2 aromatic carbocycles. The number of para-hydroxylation sites is 2. The van der Waals surface area contributed by atoms with Gasteiger partial charge in [0.15, 0.2) is 0 Å². The van der Waals surface area contributed by atoms with E-state index in [0.717, 1.165) is 16.6 Å². The molecule has 120 valence electrons. The third-order valence-corrected chi connectivity index (χ3v) is 3.99. The molecule has 1 N–H and O–H groups in total. The van der Waals surface area contributed by atoms with Gasteiger partial charge in [0.1, 0.15) is 19.0 Å². The van der Waals surface area contributed by atoms with Crippen molar-refractivity contribution in [3.05, 3.63) is 65.3 Å². The summed E-state index contributed by atoms with van der Waals surface area (Å²) in [5.74, 6) is 1.50. The molecule has 0 saturated carbocycles. The van der Waals surface area contributed by atoms with Crippen LogP contribution in [0, 0.1) is 0 Å². The molecule has 2 aromatic heterocycles. The van der Waals surface area contributed by atoms with E-state index in [9.17, 15) is 5.11 Å². The SMILES string of the molecule is OCc1nc2ccccc2n1Cc1nc(-c2ccc(Cl)cc2)no1. The standard InChI is InChI=1S/C17H13ClN4O2/c18-12-7-5-11(6-8-12)17-20-16(24-21-17)9-22-14-4-2-1-3-13(14)19-15(22)10-23/h1-8,23H,9-10H2. The highest BCUT2D eigenvalue weighted by Gasteiger charge is 2.14. The summed E-state index contributed by atoms with van der Waals surface area (Å²) < 4.78 is 7.22. The van der Waals surface area contributed by atoms with E-state index in [2.05, 4.69) is 15.1 Å². The van der Waals surface area contributed by atoms with Crippen molar-refractivity contribution in [1.82, 2.24) is 19.7 Å². The lowest BCUT2D eigenvalue weighted by Gasteiger charge is -2.03. The Morgan fingerprint density at radius 3 is 2.62 bits per heavy atom. The minimum Gasteiger partial charge on any atom is -0.388 e. The number of aliphatic hydroxyl groups is 1. The number of aromatic nitrogens is 4. The van der Waals surface area contributed by atoms with Gasteiger partial charge in [-0.3, -0.25) is 0 Å². The molecule has 0 saturated heterocycles. The number of imidazole rings is 1. The van der Waals surface area contributed by atoms with E-state index in [4.69, 9.17) is 16.1 Å². The molecule has 4 aromatic rings. The van der Waals surface area contributed by atoms with Crippen LogP contribution in [-0.2, 0) is 13.2 Å². The summed E-state index contributed by atoms with van der Waals surface area (Å²) >= 11 is 5.89. The molecule has 4 rings (SSSR count). The van der Waals surface area contributed by atoms with Crippen molar-refractivity contribution in [3.63, 3.8) is 0 Å². The molecular weight excluding hydrogens is 328 g/mol. The van der Waals surface area contributed by atoms with E-state index in [1.54, 1.807) is 12.1 Å². The third kappa shape index (κ3) is 2.66. The molecule has 24 heavy (non-hydrogen) atoms. The summed E-state index contributed by atoms with van der Waals surface area (Å²) in [4.78, 5) is 8.83. The van der Waals surface area contributed by atoms with Crippen molar-refractivity contribution in [3.8, 4) is 11.4 Å². The van der Waals surface area contributed by atoms with Gasteiger partial charge in [-0.2, -0.15) is 4.98 Å². The first-order valence-corrected chi connectivity index (χ1v) is 7.76. The predicted octanol–water partition coefficient (Wildman–Crippen LogP) is 3.28. The molecule has 0 amide bonds. The molecule has 0 fully saturated rings. The van der Waals surface area contributed by atoms with Gasteiger partial charge in [0.05, 0.1) is 11.0 Å². The maximum Gasteiger partial charge on any atom is 0.246 e. The fourth-order valence-corrected chi connectivity index (χ4v) is 2.72. The van der Waals surface area contributed by atoms with Crippen LogP contribution in [-0.4, -0.2) is 24.8 Å². The largest absolute Gasteiger partial charge is 0.388 e. The van der Waals surface area contributed by atoms with Gasteiger partial charge in [-0.1, -0.05) is 28.9 Å². The zero-order chi connectivity index (χ0) is 16.5. The lowest BCUT2D eigenvalue weighted by Crippen LogP contribution is -2.05. The highest BCUT2D eigenvalue weighted by molar-refractivity contribution is 6.30. The van der Waals surface area contributed by atoms with Crippen molar-refractivity contribution < 1.29 is 9.63 Å². The Morgan fingerprint density at radius 2 is 1.83 bits per heavy atom. The van der Waals surface area contributed by atoms with Crippen LogP contribution in [0.5, 0.6) is 0 Å². The van der Waals surface area contributed by atoms with Crippen LogP contribution < -0.4 is 0 Å². The fraction of sp³-hybridized carbons (Fsp3) is 0.118. The van der Waals surface area contributed by atoms with Gasteiger partial charge in [0, 0.05) is 10.6 Å². The Kier molecular flexibility index (Phi) is 3.76. The summed E-state index contributed by atoms with van der Waals surface area (Å²) in [6.07, 6.45) is 0. The minimum atomic E-state index is -0.160. The van der Waals surface area contributed by atoms with Crippen molar-refractivity contribution in [2.75, 3.05) is 0 Å². The Bertz CT molecular complexity index is 991. The smallest absolute Gasteiger partial charge is 0.246 e. The van der Waals surface area contributed by atoms with Crippen LogP contribution in [0.1, 0.15) is 11.7 Å². The van der Waals surface area contributed by atoms with Crippen molar-refractivity contribution in [2.24, 2.45) is 0 Å². The second-order valence-corrected chi connectivity index (χ2v) is 5.72. The highest BCUT2D eigenvalue weighted by atomic mass is 35.5. The molecule has 0 aliphatic carbocycles. The quantitative estimate of drug-likeness (QED) is 0.617. The monoisotopic (exact) mass is 340 g/mol. The molecule has 7 heteroatoms. The number of aliphatic hydroxyl groups excluding tert-OH is 1. The lowest BCUT2D eigenvalue weighted by molar-refractivity contribution is 0.265. The Labute approximate surface area is 142 Å². The van der Waals surface area contributed by atoms with Gasteiger partial charge in [-0.15, -0.1) is 0 Å².